The lowest BCUT2D eigenvalue weighted by molar-refractivity contribution is 0.411. The normalized spacial score (nSPS) is 11.3. The molecule has 0 unspecified atom stereocenters. The summed E-state index contributed by atoms with van der Waals surface area (Å²) in [6.45, 7) is 5.98. The highest BCUT2D eigenvalue weighted by Gasteiger charge is 2.08. The van der Waals surface area contributed by atoms with E-state index in [-0.39, 0.29) is 6.04 Å². The number of hydrogen-bond donors (Lipinski definition) is 2. The Balaban J connectivity index is 2.10. The lowest BCUT2D eigenvalue weighted by atomic mass is 10.1. The summed E-state index contributed by atoms with van der Waals surface area (Å²) in [5.74, 6) is 1.53. The van der Waals surface area contributed by atoms with Gasteiger partial charge in [-0.05, 0) is 62.8 Å². The van der Waals surface area contributed by atoms with Crippen LogP contribution in [0.4, 0.5) is 0 Å². The second-order valence-corrected chi connectivity index (χ2v) is 7.13. The van der Waals surface area contributed by atoms with Crippen LogP contribution in [-0.4, -0.2) is 33.9 Å². The quantitative estimate of drug-likeness (QED) is 0.247. The molecule has 0 saturated carbocycles. The molecule has 1 heterocycles. The number of thioether (sulfide) groups is 1. The fourth-order valence-electron chi connectivity index (χ4n) is 2.11. The first kappa shape index (κ1) is 20.1. The summed E-state index contributed by atoms with van der Waals surface area (Å²) in [5.41, 5.74) is 5.76. The van der Waals surface area contributed by atoms with Crippen molar-refractivity contribution in [3.05, 3.63) is 47.8 Å². The predicted molar refractivity (Wildman–Crippen MR) is 111 cm³/mol. The highest BCUT2D eigenvalue weighted by Crippen LogP contribution is 2.27. The zero-order valence-electron chi connectivity index (χ0n) is 15.3. The van der Waals surface area contributed by atoms with E-state index in [1.165, 1.54) is 0 Å². The lowest BCUT2D eigenvalue weighted by Gasteiger charge is -2.12. The van der Waals surface area contributed by atoms with Gasteiger partial charge in [-0.2, -0.15) is 5.10 Å². The molecule has 8 heteroatoms. The van der Waals surface area contributed by atoms with Crippen LogP contribution >= 0.6 is 24.0 Å². The van der Waals surface area contributed by atoms with E-state index in [2.05, 4.69) is 31.9 Å². The number of nitrogens with one attached hydrogen (secondary N) is 2. The molecule has 0 fully saturated rings. The van der Waals surface area contributed by atoms with Gasteiger partial charge in [-0.3, -0.25) is 5.43 Å². The fourth-order valence-corrected chi connectivity index (χ4v) is 3.17. The van der Waals surface area contributed by atoms with Crippen LogP contribution < -0.4 is 15.5 Å². The number of hydrogen-bond acceptors (Lipinski definition) is 6. The first-order valence-corrected chi connectivity index (χ1v) is 9.57. The molecule has 2 aromatic rings. The van der Waals surface area contributed by atoms with Crippen LogP contribution in [0.1, 0.15) is 31.9 Å². The number of thiocarbonyl (C=S) groups is 1. The second-order valence-electron chi connectivity index (χ2n) is 5.78. The molecule has 0 aliphatic carbocycles. The van der Waals surface area contributed by atoms with Gasteiger partial charge in [0.15, 0.2) is 10.3 Å². The van der Waals surface area contributed by atoms with Crippen LogP contribution in [-0.2, 0) is 5.75 Å². The summed E-state index contributed by atoms with van der Waals surface area (Å²) < 4.78 is 5.47. The van der Waals surface area contributed by atoms with Crippen LogP contribution in [0.15, 0.2) is 46.9 Å². The first-order chi connectivity index (χ1) is 12.5. The molecule has 26 heavy (non-hydrogen) atoms. The van der Waals surface area contributed by atoms with Crippen LogP contribution in [0.5, 0.6) is 5.75 Å². The van der Waals surface area contributed by atoms with Gasteiger partial charge in [0.1, 0.15) is 5.75 Å². The molecule has 0 bridgehead atoms. The topological polar surface area (TPSA) is 71.4 Å². The monoisotopic (exact) mass is 389 g/mol. The van der Waals surface area contributed by atoms with Crippen LogP contribution in [0, 0.1) is 0 Å². The number of hydrazone groups is 1. The van der Waals surface area contributed by atoms with Crippen molar-refractivity contribution < 1.29 is 4.74 Å². The Morgan fingerprint density at radius 3 is 2.69 bits per heavy atom. The number of rotatable bonds is 7. The Bertz CT molecular complexity index is 765. The van der Waals surface area contributed by atoms with Crippen molar-refractivity contribution in [2.24, 2.45) is 5.10 Å². The second kappa shape index (κ2) is 10.1. The molecule has 0 atom stereocenters. The van der Waals surface area contributed by atoms with Crippen molar-refractivity contribution in [1.82, 2.24) is 20.7 Å². The number of nitrogens with zero attached hydrogens (tertiary/aromatic N) is 3. The average Bonchev–Trinajstić information content (AvgIpc) is 2.64. The van der Waals surface area contributed by atoms with Crippen molar-refractivity contribution in [2.75, 3.05) is 7.11 Å². The number of aromatic nitrogens is 2. The van der Waals surface area contributed by atoms with Crippen molar-refractivity contribution in [2.45, 2.75) is 37.7 Å². The van der Waals surface area contributed by atoms with E-state index in [0.717, 1.165) is 27.7 Å². The molecule has 1 aromatic carbocycles. The molecular weight excluding hydrogens is 366 g/mol. The zero-order chi connectivity index (χ0) is 18.9. The highest BCUT2D eigenvalue weighted by atomic mass is 32.2. The minimum Gasteiger partial charge on any atom is -0.496 e. The van der Waals surface area contributed by atoms with Crippen molar-refractivity contribution in [3.63, 3.8) is 0 Å². The Morgan fingerprint density at radius 1 is 1.31 bits per heavy atom. The predicted octanol–water partition coefficient (Wildman–Crippen LogP) is 3.37. The Kier molecular flexibility index (Phi) is 7.80. The van der Waals surface area contributed by atoms with Crippen LogP contribution in [0.2, 0.25) is 0 Å². The summed E-state index contributed by atoms with van der Waals surface area (Å²) in [4.78, 5) is 8.47. The summed E-state index contributed by atoms with van der Waals surface area (Å²) in [6.07, 6.45) is 3.47. The SMILES string of the molecule is COc1ccc(/C(C)=N/NC(=S)NC(C)C)cc1CSc1ncccn1. The average molecular weight is 390 g/mol. The molecular formula is C18H23N5OS2. The van der Waals surface area contributed by atoms with E-state index < -0.39 is 0 Å². The third-order valence-electron chi connectivity index (χ3n) is 3.34. The van der Waals surface area contributed by atoms with Gasteiger partial charge in [0.2, 0.25) is 0 Å². The van der Waals surface area contributed by atoms with Crippen molar-refractivity contribution in [1.29, 1.82) is 0 Å². The van der Waals surface area contributed by atoms with E-state index in [0.29, 0.717) is 10.9 Å². The third kappa shape index (κ3) is 6.27. The Morgan fingerprint density at radius 2 is 2.04 bits per heavy atom. The summed E-state index contributed by atoms with van der Waals surface area (Å²) in [7, 11) is 1.67. The molecule has 0 spiro atoms. The van der Waals surface area contributed by atoms with Gasteiger partial charge in [-0.15, -0.1) is 0 Å². The van der Waals surface area contributed by atoms with E-state index >= 15 is 0 Å². The molecule has 6 nitrogen and oxygen atoms in total. The molecule has 0 saturated heterocycles. The Labute approximate surface area is 163 Å². The maximum absolute atomic E-state index is 5.47. The Hall–Kier alpha value is -2.19. The lowest BCUT2D eigenvalue weighted by Crippen LogP contribution is -2.37. The van der Waals surface area contributed by atoms with Gasteiger partial charge in [0.25, 0.3) is 0 Å². The van der Waals surface area contributed by atoms with Gasteiger partial charge in [0, 0.05) is 29.8 Å². The highest BCUT2D eigenvalue weighted by molar-refractivity contribution is 7.98. The van der Waals surface area contributed by atoms with Crippen molar-refractivity contribution >= 4 is 34.8 Å². The summed E-state index contributed by atoms with van der Waals surface area (Å²) in [6, 6.07) is 8.05. The van der Waals surface area contributed by atoms with E-state index in [9.17, 15) is 0 Å². The molecule has 0 radical (unpaired) electrons. The first-order valence-electron chi connectivity index (χ1n) is 8.17. The van der Waals surface area contributed by atoms with Gasteiger partial charge >= 0.3 is 0 Å². The van der Waals surface area contributed by atoms with Gasteiger partial charge in [0.05, 0.1) is 12.8 Å². The summed E-state index contributed by atoms with van der Waals surface area (Å²) in [5, 5.41) is 8.68. The summed E-state index contributed by atoms with van der Waals surface area (Å²) >= 11 is 6.75. The molecule has 138 valence electrons. The maximum Gasteiger partial charge on any atom is 0.187 e. The van der Waals surface area contributed by atoms with E-state index in [1.807, 2.05) is 32.9 Å². The molecule has 2 rings (SSSR count). The van der Waals surface area contributed by atoms with Gasteiger partial charge in [-0.25, -0.2) is 9.97 Å². The fraction of sp³-hybridized carbons (Fsp3) is 0.333. The molecule has 0 aliphatic rings. The minimum atomic E-state index is 0.260. The molecule has 0 aliphatic heterocycles. The van der Waals surface area contributed by atoms with Crippen molar-refractivity contribution in [3.8, 4) is 5.75 Å². The largest absolute Gasteiger partial charge is 0.496 e. The zero-order valence-corrected chi connectivity index (χ0v) is 16.9. The smallest absolute Gasteiger partial charge is 0.187 e. The minimum absolute atomic E-state index is 0.260. The number of methoxy groups -OCH3 is 1. The van der Waals surface area contributed by atoms with E-state index in [1.54, 1.807) is 37.3 Å². The molecule has 2 N–H and O–H groups in total. The standard InChI is InChI=1S/C18H23N5OS2/c1-12(2)21-17(25)23-22-13(3)14-6-7-16(24-4)15(10-14)11-26-18-19-8-5-9-20-18/h5-10,12H,11H2,1-4H3,(H2,21,23,25)/b22-13+. The number of benzene rings is 1. The van der Waals surface area contributed by atoms with Crippen LogP contribution in [0.25, 0.3) is 0 Å². The van der Waals surface area contributed by atoms with Gasteiger partial charge in [-0.1, -0.05) is 11.8 Å². The maximum atomic E-state index is 5.47. The molecule has 0 amide bonds. The number of ether oxygens (including phenoxy) is 1. The van der Waals surface area contributed by atoms with Gasteiger partial charge < -0.3 is 10.1 Å². The van der Waals surface area contributed by atoms with E-state index in [4.69, 9.17) is 17.0 Å². The molecule has 1 aromatic heterocycles. The van der Waals surface area contributed by atoms with Crippen LogP contribution in [0.3, 0.4) is 0 Å². The third-order valence-corrected chi connectivity index (χ3v) is 4.48.